The number of anilines is 1. The van der Waals surface area contributed by atoms with Gasteiger partial charge in [-0.05, 0) is 31.5 Å². The van der Waals surface area contributed by atoms with Gasteiger partial charge in [0, 0.05) is 35.2 Å². The van der Waals surface area contributed by atoms with E-state index >= 15 is 0 Å². The molecule has 0 unspecified atom stereocenters. The Bertz CT molecular complexity index is 1250. The zero-order chi connectivity index (χ0) is 27.8. The largest absolute Gasteiger partial charge is 0.462 e. The Kier molecular flexibility index (Phi) is 7.65. The van der Waals surface area contributed by atoms with Gasteiger partial charge in [-0.15, -0.1) is 11.8 Å². The Labute approximate surface area is 228 Å². The number of β-lactam (4-membered cyclic amide) rings is 1. The smallest absolute Gasteiger partial charge is 0.358 e. The molecule has 4 bridgehead atoms. The van der Waals surface area contributed by atoms with Crippen LogP contribution in [0.2, 0.25) is 0 Å². The number of cyclic esters (lactones) is 2. The lowest BCUT2D eigenvalue weighted by Crippen LogP contribution is -2.64. The molecule has 12 nitrogen and oxygen atoms in total. The molecular formula is C26H29N3O9S. The minimum absolute atomic E-state index is 0.0596. The molecule has 39 heavy (non-hydrogen) atoms. The van der Waals surface area contributed by atoms with E-state index in [9.17, 15) is 24.0 Å². The Morgan fingerprint density at radius 1 is 1.15 bits per heavy atom. The van der Waals surface area contributed by atoms with E-state index in [-0.39, 0.29) is 40.3 Å². The fourth-order valence-electron chi connectivity index (χ4n) is 5.49. The molecule has 0 aliphatic carbocycles. The fraction of sp³-hybridized carbons (Fsp3) is 0.500. The molecule has 4 aliphatic heterocycles. The van der Waals surface area contributed by atoms with Gasteiger partial charge in [0.1, 0.15) is 11.8 Å². The first-order chi connectivity index (χ1) is 18.7. The lowest BCUT2D eigenvalue weighted by Gasteiger charge is -2.47. The van der Waals surface area contributed by atoms with Crippen molar-refractivity contribution >= 4 is 47.2 Å². The van der Waals surface area contributed by atoms with Gasteiger partial charge in [-0.25, -0.2) is 9.59 Å². The van der Waals surface area contributed by atoms with Crippen LogP contribution in [0.3, 0.4) is 0 Å². The second kappa shape index (κ2) is 11.0. The van der Waals surface area contributed by atoms with Gasteiger partial charge in [-0.1, -0.05) is 13.0 Å². The summed E-state index contributed by atoms with van der Waals surface area (Å²) in [6, 6.07) is 5.49. The molecule has 5 rings (SSSR count). The van der Waals surface area contributed by atoms with Gasteiger partial charge in [0.2, 0.25) is 11.8 Å². The van der Waals surface area contributed by atoms with Gasteiger partial charge in [0.25, 0.3) is 0 Å². The van der Waals surface area contributed by atoms with Crippen LogP contribution in [0.15, 0.2) is 34.9 Å². The molecule has 6 atom stereocenters. The fourth-order valence-corrected chi connectivity index (χ4v) is 6.97. The Morgan fingerprint density at radius 2 is 1.90 bits per heavy atom. The molecule has 2 saturated heterocycles. The molecule has 4 aliphatic rings. The molecule has 0 saturated carbocycles. The topological polar surface area (TPSA) is 150 Å². The molecule has 4 heterocycles. The second-order valence-corrected chi connectivity index (χ2v) is 11.2. The molecule has 1 aromatic carbocycles. The quantitative estimate of drug-likeness (QED) is 0.307. The predicted octanol–water partition coefficient (Wildman–Crippen LogP) is 1.37. The number of esters is 3. The van der Waals surface area contributed by atoms with Crippen molar-refractivity contribution in [2.45, 2.75) is 50.6 Å². The number of thioether (sulfide) groups is 1. The van der Waals surface area contributed by atoms with E-state index in [2.05, 4.69) is 10.6 Å². The summed E-state index contributed by atoms with van der Waals surface area (Å²) >= 11 is 1.44. The number of fused-ring (bicyclic) bond motifs is 6. The van der Waals surface area contributed by atoms with Gasteiger partial charge < -0.3 is 34.5 Å². The third-order valence-corrected chi connectivity index (χ3v) is 8.76. The average molecular weight is 560 g/mol. The summed E-state index contributed by atoms with van der Waals surface area (Å²) in [5, 5.41) is 5.99. The number of hydrogen-bond donors (Lipinski definition) is 2. The van der Waals surface area contributed by atoms with Crippen LogP contribution in [-0.4, -0.2) is 78.2 Å². The van der Waals surface area contributed by atoms with Crippen molar-refractivity contribution in [3.05, 3.63) is 40.4 Å². The minimum Gasteiger partial charge on any atom is -0.462 e. The zero-order valence-electron chi connectivity index (χ0n) is 21.6. The van der Waals surface area contributed by atoms with Crippen LogP contribution in [0.4, 0.5) is 5.69 Å². The van der Waals surface area contributed by atoms with Gasteiger partial charge in [0.15, 0.2) is 13.6 Å². The number of ether oxygens (including phenoxy) is 4. The highest BCUT2D eigenvalue weighted by Gasteiger charge is 2.61. The Morgan fingerprint density at radius 3 is 2.64 bits per heavy atom. The first kappa shape index (κ1) is 27.2. The van der Waals surface area contributed by atoms with Crippen molar-refractivity contribution < 1.29 is 42.9 Å². The van der Waals surface area contributed by atoms with Crippen LogP contribution < -0.4 is 10.6 Å². The number of nitrogens with zero attached hydrogens (tertiary/aromatic N) is 1. The summed E-state index contributed by atoms with van der Waals surface area (Å²) in [4.78, 5) is 65.4. The van der Waals surface area contributed by atoms with Crippen LogP contribution in [0.5, 0.6) is 0 Å². The molecule has 1 aromatic rings. The van der Waals surface area contributed by atoms with Gasteiger partial charge in [-0.3, -0.25) is 14.4 Å². The third kappa shape index (κ3) is 5.25. The minimum atomic E-state index is -0.751. The predicted molar refractivity (Wildman–Crippen MR) is 137 cm³/mol. The molecule has 0 radical (unpaired) electrons. The van der Waals surface area contributed by atoms with Crippen molar-refractivity contribution in [3.8, 4) is 0 Å². The van der Waals surface area contributed by atoms with E-state index < -0.39 is 49.6 Å². The lowest BCUT2D eigenvalue weighted by molar-refractivity contribution is -0.175. The van der Waals surface area contributed by atoms with E-state index in [1.54, 1.807) is 25.1 Å². The molecule has 13 heteroatoms. The van der Waals surface area contributed by atoms with Crippen molar-refractivity contribution in [3.63, 3.8) is 0 Å². The maximum Gasteiger partial charge on any atom is 0.358 e. The zero-order valence-corrected chi connectivity index (χ0v) is 22.4. The van der Waals surface area contributed by atoms with Crippen molar-refractivity contribution in [1.29, 1.82) is 0 Å². The van der Waals surface area contributed by atoms with Crippen LogP contribution >= 0.6 is 11.8 Å². The van der Waals surface area contributed by atoms with Crippen molar-refractivity contribution in [2.24, 2.45) is 11.8 Å². The highest BCUT2D eigenvalue weighted by Crippen LogP contribution is 2.52. The summed E-state index contributed by atoms with van der Waals surface area (Å²) in [5.41, 5.74) is 0.795. The first-order valence-electron chi connectivity index (χ1n) is 12.6. The standard InChI is InChI=1S/C26H29N3O9S/c1-12-20-19(13(2)38-14(3)30)24(32)29(20)21-22(12)39-17-8-18(27-9-17)23(31)28-16-6-4-5-15(7-16)25(33)36-10-35-11-37-26(21)34/h4-7,12-13,17-20,27H,8-11H2,1-3H3,(H,28,31)/t12-,13-,17+,18+,19-,20-/m1/s1. The van der Waals surface area contributed by atoms with E-state index in [0.717, 1.165) is 0 Å². The number of hydrogen-bond acceptors (Lipinski definition) is 11. The highest BCUT2D eigenvalue weighted by atomic mass is 32.2. The number of carbonyl (C=O) groups excluding carboxylic acids is 5. The van der Waals surface area contributed by atoms with E-state index in [1.165, 1.54) is 29.7 Å². The van der Waals surface area contributed by atoms with E-state index in [0.29, 0.717) is 23.6 Å². The first-order valence-corrected chi connectivity index (χ1v) is 13.5. The summed E-state index contributed by atoms with van der Waals surface area (Å²) in [6.45, 7) is 4.40. The number of carbonyl (C=O) groups is 5. The molecule has 2 amide bonds. The van der Waals surface area contributed by atoms with Gasteiger partial charge in [-0.2, -0.15) is 0 Å². The monoisotopic (exact) mass is 559 g/mol. The van der Waals surface area contributed by atoms with E-state index in [4.69, 9.17) is 18.9 Å². The van der Waals surface area contributed by atoms with Crippen LogP contribution in [0.25, 0.3) is 0 Å². The summed E-state index contributed by atoms with van der Waals surface area (Å²) in [6.07, 6.45) is -0.182. The molecule has 2 fully saturated rings. The number of benzene rings is 1. The normalized spacial score (nSPS) is 30.1. The summed E-state index contributed by atoms with van der Waals surface area (Å²) < 4.78 is 20.9. The lowest BCUT2D eigenvalue weighted by atomic mass is 9.79. The number of amides is 2. The maximum atomic E-state index is 13.2. The number of nitrogens with one attached hydrogen (secondary N) is 2. The number of rotatable bonds is 2. The Hall–Kier alpha value is -3.42. The van der Waals surface area contributed by atoms with Crippen molar-refractivity contribution in [2.75, 3.05) is 25.4 Å². The van der Waals surface area contributed by atoms with E-state index in [1.807, 2.05) is 6.92 Å². The van der Waals surface area contributed by atoms with Crippen LogP contribution in [0, 0.1) is 11.8 Å². The molecule has 0 spiro atoms. The molecule has 208 valence electrons. The summed E-state index contributed by atoms with van der Waals surface area (Å²) in [5.74, 6) is -3.34. The van der Waals surface area contributed by atoms with Gasteiger partial charge >= 0.3 is 17.9 Å². The highest BCUT2D eigenvalue weighted by molar-refractivity contribution is 8.03. The molecular weight excluding hydrogens is 530 g/mol. The van der Waals surface area contributed by atoms with Gasteiger partial charge in [0.05, 0.1) is 23.6 Å². The molecule has 0 aromatic heterocycles. The second-order valence-electron chi connectivity index (χ2n) is 9.85. The molecule has 2 N–H and O–H groups in total. The SMILES string of the molecule is CC(=O)O[C@H](C)[C@H]1C(=O)N2C3=C(S[C@@H]4CN[C@@H](C4)C(=O)Nc4cccc(c4)C(=O)OCOCOC3=O)[C@H](C)[C@H]12. The summed E-state index contributed by atoms with van der Waals surface area (Å²) in [7, 11) is 0. The average Bonchev–Trinajstić information content (AvgIpc) is 3.44. The Balaban J connectivity index is 1.40. The maximum absolute atomic E-state index is 13.2. The van der Waals surface area contributed by atoms with Crippen LogP contribution in [0.1, 0.15) is 37.6 Å². The van der Waals surface area contributed by atoms with Crippen molar-refractivity contribution in [1.82, 2.24) is 10.2 Å². The third-order valence-electron chi connectivity index (χ3n) is 7.25. The van der Waals surface area contributed by atoms with Crippen LogP contribution in [-0.2, 0) is 38.1 Å².